The van der Waals surface area contributed by atoms with Gasteiger partial charge in [0.2, 0.25) is 6.54 Å². The van der Waals surface area contributed by atoms with Crippen LogP contribution in [0.25, 0.3) is 0 Å². The topological polar surface area (TPSA) is 30.2 Å². The Hall–Kier alpha value is -0.900. The molecule has 0 aliphatic carbocycles. The summed E-state index contributed by atoms with van der Waals surface area (Å²) in [5.74, 6) is -0.235. The first-order chi connectivity index (χ1) is 5.33. The normalized spacial score (nSPS) is 8.42. The highest BCUT2D eigenvalue weighted by molar-refractivity contribution is 5.67. The van der Waals surface area contributed by atoms with Crippen molar-refractivity contribution in [3.05, 3.63) is 30.6 Å². The Morgan fingerprint density at radius 3 is 2.42 bits per heavy atom. The van der Waals surface area contributed by atoms with Crippen molar-refractivity contribution < 1.29 is 31.1 Å². The first kappa shape index (κ1) is 11.1. The van der Waals surface area contributed by atoms with Crippen molar-refractivity contribution in [1.82, 2.24) is 0 Å². The van der Waals surface area contributed by atoms with E-state index in [1.165, 1.54) is 7.11 Å². The number of halogens is 1. The predicted octanol–water partition coefficient (Wildman–Crippen LogP) is -2.85. The van der Waals surface area contributed by atoms with Gasteiger partial charge in [0.05, 0.1) is 7.11 Å². The molecule has 0 aliphatic rings. The lowest BCUT2D eigenvalue weighted by molar-refractivity contribution is -0.685. The van der Waals surface area contributed by atoms with E-state index in [9.17, 15) is 4.79 Å². The number of rotatable bonds is 2. The average Bonchev–Trinajstić information content (AvgIpc) is 2.06. The second-order valence-corrected chi connectivity index (χ2v) is 2.12. The summed E-state index contributed by atoms with van der Waals surface area (Å²) in [6.45, 7) is 0.275. The Morgan fingerprint density at radius 1 is 1.33 bits per heavy atom. The van der Waals surface area contributed by atoms with Crippen LogP contribution in [0.1, 0.15) is 0 Å². The SMILES string of the molecule is COC(=O)C[n+]1ccccc1.[Br-]. The van der Waals surface area contributed by atoms with Crippen LogP contribution in [0.3, 0.4) is 0 Å². The first-order valence-electron chi connectivity index (χ1n) is 3.34. The zero-order valence-corrected chi connectivity index (χ0v) is 8.32. The molecule has 3 nitrogen and oxygen atoms in total. The number of nitrogens with zero attached hydrogens (tertiary/aromatic N) is 1. The lowest BCUT2D eigenvalue weighted by atomic mass is 10.5. The third-order valence-electron chi connectivity index (χ3n) is 1.32. The monoisotopic (exact) mass is 231 g/mol. The number of methoxy groups -OCH3 is 1. The number of ether oxygens (including phenoxy) is 1. The number of hydrogen-bond donors (Lipinski definition) is 0. The molecule has 4 heteroatoms. The molecule has 0 fully saturated rings. The fourth-order valence-electron chi connectivity index (χ4n) is 0.753. The molecule has 0 spiro atoms. The minimum Gasteiger partial charge on any atom is -1.00 e. The van der Waals surface area contributed by atoms with Crippen molar-refractivity contribution in [2.24, 2.45) is 0 Å². The van der Waals surface area contributed by atoms with Gasteiger partial charge in [0.25, 0.3) is 0 Å². The van der Waals surface area contributed by atoms with Gasteiger partial charge in [0.15, 0.2) is 12.4 Å². The van der Waals surface area contributed by atoms with Gasteiger partial charge in [0, 0.05) is 12.1 Å². The molecule has 0 unspecified atom stereocenters. The predicted molar refractivity (Wildman–Crippen MR) is 38.7 cm³/mol. The van der Waals surface area contributed by atoms with Crippen molar-refractivity contribution >= 4 is 5.97 Å². The first-order valence-corrected chi connectivity index (χ1v) is 3.34. The molecule has 1 heterocycles. The Morgan fingerprint density at radius 2 is 1.92 bits per heavy atom. The third-order valence-corrected chi connectivity index (χ3v) is 1.32. The van der Waals surface area contributed by atoms with Crippen LogP contribution in [0.2, 0.25) is 0 Å². The van der Waals surface area contributed by atoms with E-state index in [2.05, 4.69) is 4.74 Å². The maximum absolute atomic E-state index is 10.7. The molecule has 0 atom stereocenters. The summed E-state index contributed by atoms with van der Waals surface area (Å²) in [5.41, 5.74) is 0. The summed E-state index contributed by atoms with van der Waals surface area (Å²) >= 11 is 0. The molecule has 0 amide bonds. The smallest absolute Gasteiger partial charge is 0.372 e. The van der Waals surface area contributed by atoms with Gasteiger partial charge in [-0.2, -0.15) is 4.57 Å². The largest absolute Gasteiger partial charge is 1.00 e. The van der Waals surface area contributed by atoms with E-state index in [1.54, 1.807) is 4.57 Å². The van der Waals surface area contributed by atoms with Crippen LogP contribution < -0.4 is 21.5 Å². The second-order valence-electron chi connectivity index (χ2n) is 2.12. The molecule has 0 aliphatic heterocycles. The molecule has 0 saturated carbocycles. The van der Waals surface area contributed by atoms with E-state index in [0.717, 1.165) is 0 Å². The molecule has 0 saturated heterocycles. The molecule has 0 bridgehead atoms. The van der Waals surface area contributed by atoms with E-state index >= 15 is 0 Å². The Bertz CT molecular complexity index is 238. The van der Waals surface area contributed by atoms with Gasteiger partial charge < -0.3 is 21.7 Å². The number of esters is 1. The highest BCUT2D eigenvalue weighted by Gasteiger charge is 2.06. The van der Waals surface area contributed by atoms with Crippen LogP contribution >= 0.6 is 0 Å². The number of carbonyl (C=O) groups is 1. The molecule has 0 aromatic carbocycles. The van der Waals surface area contributed by atoms with E-state index in [-0.39, 0.29) is 29.5 Å². The van der Waals surface area contributed by atoms with E-state index in [1.807, 2.05) is 30.6 Å². The molecular formula is C8H10BrNO2. The van der Waals surface area contributed by atoms with Crippen LogP contribution in [-0.4, -0.2) is 13.1 Å². The summed E-state index contributed by atoms with van der Waals surface area (Å²) in [6.07, 6.45) is 3.63. The Labute approximate surface area is 81.7 Å². The second kappa shape index (κ2) is 5.71. The van der Waals surface area contributed by atoms with E-state index in [0.29, 0.717) is 0 Å². The quantitative estimate of drug-likeness (QED) is 0.406. The zero-order chi connectivity index (χ0) is 8.10. The van der Waals surface area contributed by atoms with Gasteiger partial charge >= 0.3 is 5.97 Å². The summed E-state index contributed by atoms with van der Waals surface area (Å²) in [6, 6.07) is 5.62. The zero-order valence-electron chi connectivity index (χ0n) is 6.74. The summed E-state index contributed by atoms with van der Waals surface area (Å²) < 4.78 is 6.25. The van der Waals surface area contributed by atoms with Gasteiger partial charge in [-0.25, -0.2) is 4.79 Å². The minimum absolute atomic E-state index is 0. The van der Waals surface area contributed by atoms with Gasteiger partial charge in [-0.1, -0.05) is 6.07 Å². The molecule has 1 aromatic heterocycles. The maximum Gasteiger partial charge on any atom is 0.372 e. The molecule has 12 heavy (non-hydrogen) atoms. The standard InChI is InChI=1S/C8H10NO2.BrH/c1-11-8(10)7-9-5-3-2-4-6-9;/h2-6H,7H2,1H3;1H/q+1;/p-1. The van der Waals surface area contributed by atoms with Crippen LogP contribution in [0.5, 0.6) is 0 Å². The summed E-state index contributed by atoms with van der Waals surface area (Å²) in [5, 5.41) is 0. The minimum atomic E-state index is -0.235. The molecule has 0 radical (unpaired) electrons. The molecular weight excluding hydrogens is 222 g/mol. The molecule has 0 N–H and O–H groups in total. The van der Waals surface area contributed by atoms with Crippen LogP contribution in [0.15, 0.2) is 30.6 Å². The van der Waals surface area contributed by atoms with Gasteiger partial charge in [-0.05, 0) is 0 Å². The lowest BCUT2D eigenvalue weighted by Gasteiger charge is -1.93. The van der Waals surface area contributed by atoms with Gasteiger partial charge in [-0.15, -0.1) is 0 Å². The maximum atomic E-state index is 10.7. The van der Waals surface area contributed by atoms with Crippen LogP contribution in [0, 0.1) is 0 Å². The third kappa shape index (κ3) is 3.48. The number of pyridine rings is 1. The van der Waals surface area contributed by atoms with Gasteiger partial charge in [-0.3, -0.25) is 0 Å². The van der Waals surface area contributed by atoms with Crippen molar-refractivity contribution in [2.45, 2.75) is 6.54 Å². The van der Waals surface area contributed by atoms with Crippen molar-refractivity contribution in [3.8, 4) is 0 Å². The molecule has 1 rings (SSSR count). The highest BCUT2D eigenvalue weighted by atomic mass is 79.9. The number of hydrogen-bond acceptors (Lipinski definition) is 2. The van der Waals surface area contributed by atoms with E-state index < -0.39 is 0 Å². The van der Waals surface area contributed by atoms with Crippen molar-refractivity contribution in [1.29, 1.82) is 0 Å². The summed E-state index contributed by atoms with van der Waals surface area (Å²) in [4.78, 5) is 10.7. The fraction of sp³-hybridized carbons (Fsp3) is 0.250. The Kier molecular flexibility index (Phi) is 5.28. The average molecular weight is 232 g/mol. The van der Waals surface area contributed by atoms with Gasteiger partial charge in [0.1, 0.15) is 0 Å². The molecule has 1 aromatic rings. The lowest BCUT2D eigenvalue weighted by Crippen LogP contribution is -3.00. The fourth-order valence-corrected chi connectivity index (χ4v) is 0.753. The number of carbonyl (C=O) groups excluding carboxylic acids is 1. The van der Waals surface area contributed by atoms with Crippen molar-refractivity contribution in [2.75, 3.05) is 7.11 Å². The molecule has 66 valence electrons. The van der Waals surface area contributed by atoms with Crippen LogP contribution in [-0.2, 0) is 16.1 Å². The van der Waals surface area contributed by atoms with E-state index in [4.69, 9.17) is 0 Å². The number of aromatic nitrogens is 1. The summed E-state index contributed by atoms with van der Waals surface area (Å²) in [7, 11) is 1.38. The van der Waals surface area contributed by atoms with Crippen molar-refractivity contribution in [3.63, 3.8) is 0 Å². The van der Waals surface area contributed by atoms with Crippen LogP contribution in [0.4, 0.5) is 0 Å². The Balaban J connectivity index is 0.00000121. The highest BCUT2D eigenvalue weighted by Crippen LogP contribution is 1.78.